The molecule has 12 heavy (non-hydrogen) atoms. The van der Waals surface area contributed by atoms with E-state index >= 15 is 0 Å². The third-order valence-electron chi connectivity index (χ3n) is 1.59. The van der Waals surface area contributed by atoms with Crippen molar-refractivity contribution >= 4 is 5.78 Å². The second-order valence-electron chi connectivity index (χ2n) is 2.51. The van der Waals surface area contributed by atoms with Gasteiger partial charge in [-0.15, -0.1) is 0 Å². The number of nitrogens with zero attached hydrogens (tertiary/aromatic N) is 2. The summed E-state index contributed by atoms with van der Waals surface area (Å²) >= 11 is 0. The van der Waals surface area contributed by atoms with Gasteiger partial charge in [-0.2, -0.15) is 5.10 Å². The Labute approximate surface area is 71.6 Å². The van der Waals surface area contributed by atoms with E-state index < -0.39 is 0 Å². The molecule has 1 aromatic rings. The van der Waals surface area contributed by atoms with E-state index in [1.807, 2.05) is 13.1 Å². The minimum atomic E-state index is 0.0321. The van der Waals surface area contributed by atoms with Crippen molar-refractivity contribution in [1.82, 2.24) is 15.1 Å². The number of likely N-dealkylation sites (N-methyl/N-ethyl adjacent to an activating group) is 1. The highest BCUT2D eigenvalue weighted by atomic mass is 16.1. The fourth-order valence-corrected chi connectivity index (χ4v) is 0.938. The van der Waals surface area contributed by atoms with Gasteiger partial charge in [-0.1, -0.05) is 0 Å². The maximum absolute atomic E-state index is 11.2. The molecule has 0 aromatic carbocycles. The summed E-state index contributed by atoms with van der Waals surface area (Å²) in [4.78, 5) is 11.2. The number of carbonyl (C=O) groups is 1. The quantitative estimate of drug-likeness (QED) is 0.656. The summed E-state index contributed by atoms with van der Waals surface area (Å²) in [6.07, 6.45) is 1.81. The smallest absolute Gasteiger partial charge is 0.196 e. The molecule has 0 aliphatic heterocycles. The molecule has 0 atom stereocenters. The van der Waals surface area contributed by atoms with Gasteiger partial charge >= 0.3 is 0 Å². The molecule has 1 rings (SSSR count). The SMILES string of the molecule is CCn1ccc(C(=O)CNC)n1. The Morgan fingerprint density at radius 3 is 3.00 bits per heavy atom. The molecule has 4 heteroatoms. The van der Waals surface area contributed by atoms with Crippen LogP contribution >= 0.6 is 0 Å². The number of aryl methyl sites for hydroxylation is 1. The van der Waals surface area contributed by atoms with E-state index in [0.29, 0.717) is 12.2 Å². The van der Waals surface area contributed by atoms with Crippen LogP contribution in [0.2, 0.25) is 0 Å². The maximum atomic E-state index is 11.2. The number of Topliss-reactive ketones (excluding diaryl/α,β-unsaturated/α-hetero) is 1. The van der Waals surface area contributed by atoms with Crippen LogP contribution in [-0.2, 0) is 6.54 Å². The minimum absolute atomic E-state index is 0.0321. The van der Waals surface area contributed by atoms with E-state index in [-0.39, 0.29) is 5.78 Å². The number of aromatic nitrogens is 2. The molecular formula is C8H13N3O. The van der Waals surface area contributed by atoms with Gasteiger partial charge in [-0.25, -0.2) is 0 Å². The molecule has 0 bridgehead atoms. The van der Waals surface area contributed by atoms with Gasteiger partial charge in [0.2, 0.25) is 0 Å². The third-order valence-corrected chi connectivity index (χ3v) is 1.59. The van der Waals surface area contributed by atoms with E-state index in [1.165, 1.54) is 0 Å². The largest absolute Gasteiger partial charge is 0.313 e. The predicted octanol–water partition coefficient (Wildman–Crippen LogP) is 0.305. The van der Waals surface area contributed by atoms with E-state index in [2.05, 4.69) is 10.4 Å². The van der Waals surface area contributed by atoms with Crippen LogP contribution < -0.4 is 5.32 Å². The van der Waals surface area contributed by atoms with E-state index in [9.17, 15) is 4.79 Å². The lowest BCUT2D eigenvalue weighted by molar-refractivity contribution is 0.0988. The Morgan fingerprint density at radius 1 is 1.75 bits per heavy atom. The first-order valence-electron chi connectivity index (χ1n) is 3.99. The van der Waals surface area contributed by atoms with Gasteiger partial charge in [-0.3, -0.25) is 9.48 Å². The van der Waals surface area contributed by atoms with Crippen molar-refractivity contribution in [1.29, 1.82) is 0 Å². The molecule has 0 spiro atoms. The van der Waals surface area contributed by atoms with E-state index in [4.69, 9.17) is 0 Å². The van der Waals surface area contributed by atoms with Crippen LogP contribution in [0.1, 0.15) is 17.4 Å². The first-order valence-corrected chi connectivity index (χ1v) is 3.99. The second kappa shape index (κ2) is 4.01. The normalized spacial score (nSPS) is 10.2. The average Bonchev–Trinajstić information content (AvgIpc) is 2.52. The molecule has 0 aliphatic rings. The average molecular weight is 167 g/mol. The van der Waals surface area contributed by atoms with Gasteiger partial charge in [0.1, 0.15) is 5.69 Å². The van der Waals surface area contributed by atoms with Gasteiger partial charge in [0.25, 0.3) is 0 Å². The Balaban J connectivity index is 2.68. The first kappa shape index (κ1) is 8.93. The highest BCUT2D eigenvalue weighted by molar-refractivity contribution is 5.95. The zero-order valence-corrected chi connectivity index (χ0v) is 7.37. The summed E-state index contributed by atoms with van der Waals surface area (Å²) in [5.41, 5.74) is 0.534. The van der Waals surface area contributed by atoms with Crippen molar-refractivity contribution in [2.75, 3.05) is 13.6 Å². The first-order chi connectivity index (χ1) is 5.77. The molecule has 0 saturated heterocycles. The molecule has 4 nitrogen and oxygen atoms in total. The van der Waals surface area contributed by atoms with Crippen molar-refractivity contribution in [3.05, 3.63) is 18.0 Å². The molecule has 66 valence electrons. The molecule has 0 radical (unpaired) electrons. The Kier molecular flexibility index (Phi) is 2.99. The standard InChI is InChI=1S/C8H13N3O/c1-3-11-5-4-7(10-11)8(12)6-9-2/h4-5,9H,3,6H2,1-2H3. The number of rotatable bonds is 4. The fraction of sp³-hybridized carbons (Fsp3) is 0.500. The zero-order chi connectivity index (χ0) is 8.97. The molecule has 0 aliphatic carbocycles. The maximum Gasteiger partial charge on any atom is 0.196 e. The Bertz CT molecular complexity index is 267. The van der Waals surface area contributed by atoms with Gasteiger partial charge < -0.3 is 5.32 Å². The molecule has 0 fully saturated rings. The number of hydrogen-bond donors (Lipinski definition) is 1. The van der Waals surface area contributed by atoms with Crippen LogP contribution in [0.3, 0.4) is 0 Å². The summed E-state index contributed by atoms with van der Waals surface area (Å²) in [7, 11) is 1.74. The van der Waals surface area contributed by atoms with Gasteiger partial charge in [0.15, 0.2) is 5.78 Å². The molecule has 0 unspecified atom stereocenters. The van der Waals surface area contributed by atoms with Crippen LogP contribution in [0.15, 0.2) is 12.3 Å². The van der Waals surface area contributed by atoms with Crippen molar-refractivity contribution in [3.63, 3.8) is 0 Å². The van der Waals surface area contributed by atoms with Crippen molar-refractivity contribution < 1.29 is 4.79 Å². The number of ketones is 1. The topological polar surface area (TPSA) is 46.9 Å². The van der Waals surface area contributed by atoms with Gasteiger partial charge in [0.05, 0.1) is 6.54 Å². The summed E-state index contributed by atoms with van der Waals surface area (Å²) < 4.78 is 1.74. The molecular weight excluding hydrogens is 154 g/mol. The number of carbonyl (C=O) groups excluding carboxylic acids is 1. The van der Waals surface area contributed by atoms with Crippen LogP contribution in [0.5, 0.6) is 0 Å². The lowest BCUT2D eigenvalue weighted by atomic mass is 10.3. The number of nitrogens with one attached hydrogen (secondary N) is 1. The van der Waals surface area contributed by atoms with Crippen LogP contribution in [-0.4, -0.2) is 29.2 Å². The van der Waals surface area contributed by atoms with Crippen molar-refractivity contribution in [2.45, 2.75) is 13.5 Å². The van der Waals surface area contributed by atoms with Crippen molar-refractivity contribution in [3.8, 4) is 0 Å². The summed E-state index contributed by atoms with van der Waals surface area (Å²) in [6, 6.07) is 1.74. The van der Waals surface area contributed by atoms with Crippen LogP contribution in [0.4, 0.5) is 0 Å². The molecule has 0 amide bonds. The summed E-state index contributed by atoms with van der Waals surface area (Å²) in [5, 5.41) is 6.87. The summed E-state index contributed by atoms with van der Waals surface area (Å²) in [6.45, 7) is 3.13. The molecule has 1 aromatic heterocycles. The van der Waals surface area contributed by atoms with E-state index in [0.717, 1.165) is 6.54 Å². The lowest BCUT2D eigenvalue weighted by Crippen LogP contribution is -2.19. The highest BCUT2D eigenvalue weighted by Crippen LogP contribution is 1.95. The Hall–Kier alpha value is -1.16. The molecule has 1 N–H and O–H groups in total. The summed E-state index contributed by atoms with van der Waals surface area (Å²) in [5.74, 6) is 0.0321. The third kappa shape index (κ3) is 1.92. The predicted molar refractivity (Wildman–Crippen MR) is 46.2 cm³/mol. The van der Waals surface area contributed by atoms with Gasteiger partial charge in [-0.05, 0) is 20.0 Å². The highest BCUT2D eigenvalue weighted by Gasteiger charge is 2.06. The second-order valence-corrected chi connectivity index (χ2v) is 2.51. The van der Waals surface area contributed by atoms with Crippen LogP contribution in [0.25, 0.3) is 0 Å². The van der Waals surface area contributed by atoms with E-state index in [1.54, 1.807) is 17.8 Å². The molecule has 0 saturated carbocycles. The lowest BCUT2D eigenvalue weighted by Gasteiger charge is -1.94. The van der Waals surface area contributed by atoms with Crippen LogP contribution in [0, 0.1) is 0 Å². The van der Waals surface area contributed by atoms with Gasteiger partial charge in [0, 0.05) is 12.7 Å². The zero-order valence-electron chi connectivity index (χ0n) is 7.37. The monoisotopic (exact) mass is 167 g/mol. The Morgan fingerprint density at radius 2 is 2.50 bits per heavy atom. The molecule has 1 heterocycles. The minimum Gasteiger partial charge on any atom is -0.313 e. The van der Waals surface area contributed by atoms with Crippen molar-refractivity contribution in [2.24, 2.45) is 0 Å². The fourth-order valence-electron chi connectivity index (χ4n) is 0.938. The number of hydrogen-bond acceptors (Lipinski definition) is 3.